The van der Waals surface area contributed by atoms with Gasteiger partial charge in [-0.25, -0.2) is 0 Å². The third kappa shape index (κ3) is 2.30. The Hall–Kier alpha value is -0.490. The van der Waals surface area contributed by atoms with E-state index >= 15 is 0 Å². The fourth-order valence-corrected chi connectivity index (χ4v) is 2.42. The Balaban J connectivity index is 2.20. The van der Waals surface area contributed by atoms with Crippen molar-refractivity contribution in [2.24, 2.45) is 0 Å². The van der Waals surface area contributed by atoms with Crippen molar-refractivity contribution in [3.05, 3.63) is 34.9 Å². The molecule has 0 saturated heterocycles. The smallest absolute Gasteiger partial charge is 0.0348 e. The SMILES string of the molecule is CC(Cl)Cc1ccc2c(c1)CCCC2. The van der Waals surface area contributed by atoms with Crippen molar-refractivity contribution in [2.45, 2.75) is 44.4 Å². The van der Waals surface area contributed by atoms with E-state index in [1.807, 2.05) is 0 Å². The van der Waals surface area contributed by atoms with Gasteiger partial charge in [-0.15, -0.1) is 11.6 Å². The molecule has 0 aliphatic heterocycles. The van der Waals surface area contributed by atoms with E-state index in [-0.39, 0.29) is 5.38 Å². The maximum atomic E-state index is 6.00. The summed E-state index contributed by atoms with van der Waals surface area (Å²) in [4.78, 5) is 0. The molecule has 0 aromatic heterocycles. The van der Waals surface area contributed by atoms with Crippen LogP contribution in [0.5, 0.6) is 0 Å². The summed E-state index contributed by atoms with van der Waals surface area (Å²) in [5, 5.41) is 0.247. The Morgan fingerprint density at radius 3 is 2.64 bits per heavy atom. The highest BCUT2D eigenvalue weighted by molar-refractivity contribution is 6.20. The van der Waals surface area contributed by atoms with E-state index in [0.29, 0.717) is 0 Å². The van der Waals surface area contributed by atoms with Crippen LogP contribution in [0.3, 0.4) is 0 Å². The molecular weight excluding hydrogens is 192 g/mol. The van der Waals surface area contributed by atoms with Crippen LogP contribution in [0.25, 0.3) is 0 Å². The first-order valence-electron chi connectivity index (χ1n) is 5.50. The van der Waals surface area contributed by atoms with Gasteiger partial charge in [-0.1, -0.05) is 18.2 Å². The van der Waals surface area contributed by atoms with Crippen LogP contribution < -0.4 is 0 Å². The molecule has 0 amide bonds. The molecule has 0 fully saturated rings. The van der Waals surface area contributed by atoms with Crippen LogP contribution >= 0.6 is 11.6 Å². The van der Waals surface area contributed by atoms with Crippen LogP contribution in [-0.2, 0) is 19.3 Å². The van der Waals surface area contributed by atoms with Crippen LogP contribution in [0.2, 0.25) is 0 Å². The number of alkyl halides is 1. The van der Waals surface area contributed by atoms with Gasteiger partial charge in [-0.3, -0.25) is 0 Å². The van der Waals surface area contributed by atoms with Crippen LogP contribution in [0.4, 0.5) is 0 Å². The maximum Gasteiger partial charge on any atom is 0.0348 e. The number of fused-ring (bicyclic) bond motifs is 1. The molecule has 76 valence electrons. The van der Waals surface area contributed by atoms with Crippen LogP contribution in [0.15, 0.2) is 18.2 Å². The summed E-state index contributed by atoms with van der Waals surface area (Å²) in [6, 6.07) is 6.89. The van der Waals surface area contributed by atoms with Crippen molar-refractivity contribution < 1.29 is 0 Å². The van der Waals surface area contributed by atoms with Crippen LogP contribution in [0.1, 0.15) is 36.5 Å². The molecule has 1 aromatic rings. The predicted molar refractivity (Wildman–Crippen MR) is 62.1 cm³/mol. The molecule has 0 radical (unpaired) electrons. The largest absolute Gasteiger partial charge is 0.123 e. The fraction of sp³-hybridized carbons (Fsp3) is 0.538. The summed E-state index contributed by atoms with van der Waals surface area (Å²) in [5.41, 5.74) is 4.52. The molecule has 0 N–H and O–H groups in total. The van der Waals surface area contributed by atoms with E-state index < -0.39 is 0 Å². The highest BCUT2D eigenvalue weighted by Crippen LogP contribution is 2.23. The van der Waals surface area contributed by atoms with Gasteiger partial charge in [-0.2, -0.15) is 0 Å². The molecule has 1 aromatic carbocycles. The topological polar surface area (TPSA) is 0 Å². The number of rotatable bonds is 2. The van der Waals surface area contributed by atoms with Gasteiger partial charge in [0.2, 0.25) is 0 Å². The lowest BCUT2D eigenvalue weighted by atomic mass is 9.90. The monoisotopic (exact) mass is 208 g/mol. The Morgan fingerprint density at radius 1 is 1.21 bits per heavy atom. The maximum absolute atomic E-state index is 6.00. The summed E-state index contributed by atoms with van der Waals surface area (Å²) in [6.07, 6.45) is 6.24. The highest BCUT2D eigenvalue weighted by atomic mass is 35.5. The van der Waals surface area contributed by atoms with E-state index in [0.717, 1.165) is 6.42 Å². The Kier molecular flexibility index (Phi) is 3.12. The Morgan fingerprint density at radius 2 is 1.93 bits per heavy atom. The third-order valence-corrected chi connectivity index (χ3v) is 3.08. The number of benzene rings is 1. The number of aryl methyl sites for hydroxylation is 2. The number of hydrogen-bond acceptors (Lipinski definition) is 0. The van der Waals surface area contributed by atoms with Crippen molar-refractivity contribution in [3.8, 4) is 0 Å². The predicted octanol–water partition coefficient (Wildman–Crippen LogP) is 3.74. The lowest BCUT2D eigenvalue weighted by Crippen LogP contribution is -2.04. The zero-order chi connectivity index (χ0) is 9.97. The second-order valence-corrected chi connectivity index (χ2v) is 5.04. The van der Waals surface area contributed by atoms with Gasteiger partial charge < -0.3 is 0 Å². The minimum absolute atomic E-state index is 0.247. The molecule has 0 saturated carbocycles. The summed E-state index contributed by atoms with van der Waals surface area (Å²) in [7, 11) is 0. The van der Waals surface area contributed by atoms with Crippen LogP contribution in [-0.4, -0.2) is 5.38 Å². The molecule has 1 atom stereocenters. The minimum Gasteiger partial charge on any atom is -0.123 e. The first-order valence-corrected chi connectivity index (χ1v) is 5.94. The van der Waals surface area contributed by atoms with Crippen molar-refractivity contribution in [1.29, 1.82) is 0 Å². The molecule has 1 aliphatic rings. The second-order valence-electron chi connectivity index (χ2n) is 4.30. The quantitative estimate of drug-likeness (QED) is 0.650. The third-order valence-electron chi connectivity index (χ3n) is 2.93. The zero-order valence-corrected chi connectivity index (χ0v) is 9.48. The number of halogens is 1. The first kappa shape index (κ1) is 10.0. The number of hydrogen-bond donors (Lipinski definition) is 0. The zero-order valence-electron chi connectivity index (χ0n) is 8.72. The Bertz CT molecular complexity index is 315. The molecule has 2 rings (SSSR count). The molecule has 0 heterocycles. The normalized spacial score (nSPS) is 17.6. The van der Waals surface area contributed by atoms with Crippen molar-refractivity contribution in [2.75, 3.05) is 0 Å². The summed E-state index contributed by atoms with van der Waals surface area (Å²) in [6.45, 7) is 2.06. The van der Waals surface area contributed by atoms with E-state index in [2.05, 4.69) is 25.1 Å². The average molecular weight is 209 g/mol. The van der Waals surface area contributed by atoms with Gasteiger partial charge in [0.15, 0.2) is 0 Å². The lowest BCUT2D eigenvalue weighted by Gasteiger charge is -2.16. The van der Waals surface area contributed by atoms with Crippen molar-refractivity contribution in [3.63, 3.8) is 0 Å². The van der Waals surface area contributed by atoms with Gasteiger partial charge in [0.1, 0.15) is 0 Å². The Labute approximate surface area is 91.3 Å². The van der Waals surface area contributed by atoms with Crippen molar-refractivity contribution >= 4 is 11.6 Å². The minimum atomic E-state index is 0.247. The van der Waals surface area contributed by atoms with Gasteiger partial charge in [0, 0.05) is 5.38 Å². The first-order chi connectivity index (χ1) is 6.75. The molecule has 14 heavy (non-hydrogen) atoms. The average Bonchev–Trinajstić information content (AvgIpc) is 2.17. The second kappa shape index (κ2) is 4.35. The molecule has 0 spiro atoms. The summed E-state index contributed by atoms with van der Waals surface area (Å²) < 4.78 is 0. The highest BCUT2D eigenvalue weighted by Gasteiger charge is 2.09. The molecular formula is C13H17Cl. The van der Waals surface area contributed by atoms with E-state index in [1.54, 1.807) is 11.1 Å². The van der Waals surface area contributed by atoms with Gasteiger partial charge in [0.05, 0.1) is 0 Å². The summed E-state index contributed by atoms with van der Waals surface area (Å²) >= 11 is 6.00. The van der Waals surface area contributed by atoms with Crippen LogP contribution in [0, 0.1) is 0 Å². The van der Waals surface area contributed by atoms with Gasteiger partial charge >= 0.3 is 0 Å². The van der Waals surface area contributed by atoms with Gasteiger partial charge in [0.25, 0.3) is 0 Å². The van der Waals surface area contributed by atoms with E-state index in [4.69, 9.17) is 11.6 Å². The molecule has 1 unspecified atom stereocenters. The van der Waals surface area contributed by atoms with Crippen molar-refractivity contribution in [1.82, 2.24) is 0 Å². The molecule has 0 bridgehead atoms. The standard InChI is InChI=1S/C13H17Cl/c1-10(14)8-11-6-7-12-4-2-3-5-13(12)9-11/h6-7,9-10H,2-5,8H2,1H3. The molecule has 1 aliphatic carbocycles. The summed E-state index contributed by atoms with van der Waals surface area (Å²) in [5.74, 6) is 0. The van der Waals surface area contributed by atoms with E-state index in [1.165, 1.54) is 31.2 Å². The lowest BCUT2D eigenvalue weighted by molar-refractivity contribution is 0.684. The fourth-order valence-electron chi connectivity index (χ4n) is 2.24. The molecule has 1 heteroatoms. The van der Waals surface area contributed by atoms with Gasteiger partial charge in [-0.05, 0) is 55.7 Å². The molecule has 0 nitrogen and oxygen atoms in total. The van der Waals surface area contributed by atoms with E-state index in [9.17, 15) is 0 Å².